The van der Waals surface area contributed by atoms with Gasteiger partial charge in [-0.2, -0.15) is 0 Å². The van der Waals surface area contributed by atoms with Crippen molar-refractivity contribution in [2.75, 3.05) is 5.32 Å². The minimum Gasteiger partial charge on any atom is -0.506 e. The van der Waals surface area contributed by atoms with Crippen LogP contribution in [-0.4, -0.2) is 21.0 Å². The number of amidine groups is 1. The quantitative estimate of drug-likeness (QED) is 0.422. The number of aromatic nitrogens is 1. The van der Waals surface area contributed by atoms with Crippen LogP contribution in [0, 0.1) is 12.3 Å². The first-order chi connectivity index (χ1) is 10.0. The monoisotopic (exact) mass is 286 g/mol. The normalized spacial score (nSPS) is 10.4. The third-order valence-electron chi connectivity index (χ3n) is 3.27. The summed E-state index contributed by atoms with van der Waals surface area (Å²) in [6.07, 6.45) is 1.56. The molecule has 0 amide bonds. The zero-order chi connectivity index (χ0) is 15.4. The fourth-order valence-corrected chi connectivity index (χ4v) is 1.98. The molecule has 2 rings (SSSR count). The Morgan fingerprint density at radius 3 is 2.57 bits per heavy atom. The Labute approximate surface area is 122 Å². The Bertz CT molecular complexity index is 653. The lowest BCUT2D eigenvalue weighted by molar-refractivity contribution is 0.279. The summed E-state index contributed by atoms with van der Waals surface area (Å²) in [6.45, 7) is 1.90. The van der Waals surface area contributed by atoms with Crippen molar-refractivity contribution in [1.82, 2.24) is 4.98 Å². The molecule has 6 heteroatoms. The van der Waals surface area contributed by atoms with Crippen molar-refractivity contribution < 1.29 is 10.2 Å². The third-order valence-corrected chi connectivity index (χ3v) is 3.27. The molecule has 0 fully saturated rings. The highest BCUT2D eigenvalue weighted by Crippen LogP contribution is 2.25. The predicted molar refractivity (Wildman–Crippen MR) is 81.3 cm³/mol. The van der Waals surface area contributed by atoms with Gasteiger partial charge in [0.05, 0.1) is 12.3 Å². The number of nitrogens with one attached hydrogen (secondary N) is 2. The number of pyridine rings is 1. The lowest BCUT2D eigenvalue weighted by Crippen LogP contribution is -2.11. The summed E-state index contributed by atoms with van der Waals surface area (Å²) in [4.78, 5) is 4.02. The van der Waals surface area contributed by atoms with Gasteiger partial charge in [0.2, 0.25) is 0 Å². The highest BCUT2D eigenvalue weighted by atomic mass is 16.3. The van der Waals surface area contributed by atoms with Gasteiger partial charge in [0.25, 0.3) is 0 Å². The minimum absolute atomic E-state index is 0.0199. The molecule has 0 unspecified atom stereocenters. The van der Waals surface area contributed by atoms with Crippen LogP contribution >= 0.6 is 0 Å². The summed E-state index contributed by atoms with van der Waals surface area (Å²) in [6, 6.07) is 7.10. The van der Waals surface area contributed by atoms with Crippen LogP contribution in [0.4, 0.5) is 5.69 Å². The van der Waals surface area contributed by atoms with E-state index in [1.165, 1.54) is 0 Å². The Morgan fingerprint density at radius 2 is 2.00 bits per heavy atom. The maximum absolute atomic E-state index is 10.0. The number of nitrogens with zero attached hydrogens (tertiary/aromatic N) is 1. The maximum Gasteiger partial charge on any atom is 0.142 e. The average Bonchev–Trinajstić information content (AvgIpc) is 2.49. The van der Waals surface area contributed by atoms with E-state index in [9.17, 15) is 10.2 Å². The summed E-state index contributed by atoms with van der Waals surface area (Å²) in [5.74, 6) is 0.112. The van der Waals surface area contributed by atoms with Gasteiger partial charge < -0.3 is 21.3 Å². The van der Waals surface area contributed by atoms with Crippen LogP contribution in [0.3, 0.4) is 0 Å². The molecule has 0 spiro atoms. The number of aromatic hydroxyl groups is 1. The van der Waals surface area contributed by atoms with Crippen LogP contribution in [0.25, 0.3) is 0 Å². The van der Waals surface area contributed by atoms with E-state index in [1.807, 2.05) is 0 Å². The topological polar surface area (TPSA) is 115 Å². The Balaban J connectivity index is 2.16. The van der Waals surface area contributed by atoms with Crippen LogP contribution in [0.2, 0.25) is 0 Å². The van der Waals surface area contributed by atoms with Crippen molar-refractivity contribution in [3.63, 3.8) is 0 Å². The molecular weight excluding hydrogens is 268 g/mol. The van der Waals surface area contributed by atoms with E-state index in [0.717, 1.165) is 5.69 Å². The second-order valence-electron chi connectivity index (χ2n) is 4.70. The van der Waals surface area contributed by atoms with Crippen LogP contribution in [0.1, 0.15) is 22.4 Å². The fraction of sp³-hybridized carbons (Fsp3) is 0.200. The Hall–Kier alpha value is -2.60. The van der Waals surface area contributed by atoms with Crippen LogP contribution in [-0.2, 0) is 13.2 Å². The van der Waals surface area contributed by atoms with Crippen molar-refractivity contribution in [1.29, 1.82) is 5.41 Å². The van der Waals surface area contributed by atoms with E-state index in [0.29, 0.717) is 28.9 Å². The number of nitrogen functional groups attached to an aromatic ring is 1. The standard InChI is InChI=1S/C15H18N4O2/c1-9-14(21)13(11(8-20)6-18-9)7-19-12-4-2-10(3-5-12)15(16)17/h2-6,19-21H,7-8H2,1H3,(H3,16,17). The average molecular weight is 286 g/mol. The molecule has 21 heavy (non-hydrogen) atoms. The molecule has 0 aliphatic carbocycles. The third kappa shape index (κ3) is 3.29. The number of benzene rings is 1. The largest absolute Gasteiger partial charge is 0.506 e. The smallest absolute Gasteiger partial charge is 0.142 e. The number of anilines is 1. The molecule has 110 valence electrons. The molecule has 0 radical (unpaired) electrons. The zero-order valence-corrected chi connectivity index (χ0v) is 11.7. The van der Waals surface area contributed by atoms with Gasteiger partial charge in [-0.25, -0.2) is 0 Å². The van der Waals surface area contributed by atoms with Gasteiger partial charge in [-0.05, 0) is 31.2 Å². The molecule has 0 saturated heterocycles. The lowest BCUT2D eigenvalue weighted by Gasteiger charge is -2.13. The molecule has 6 nitrogen and oxygen atoms in total. The molecule has 1 aromatic carbocycles. The highest BCUT2D eigenvalue weighted by Gasteiger charge is 2.11. The molecule has 0 aliphatic heterocycles. The first kappa shape index (κ1) is 14.8. The zero-order valence-electron chi connectivity index (χ0n) is 11.7. The van der Waals surface area contributed by atoms with Crippen LogP contribution in [0.15, 0.2) is 30.5 Å². The number of aliphatic hydroxyl groups excluding tert-OH is 1. The van der Waals surface area contributed by atoms with Gasteiger partial charge in [-0.1, -0.05) is 0 Å². The summed E-state index contributed by atoms with van der Waals surface area (Å²) >= 11 is 0. The van der Waals surface area contributed by atoms with E-state index in [1.54, 1.807) is 37.4 Å². The number of hydrogen-bond donors (Lipinski definition) is 5. The van der Waals surface area contributed by atoms with E-state index in [-0.39, 0.29) is 18.2 Å². The maximum atomic E-state index is 10.0. The molecule has 0 saturated carbocycles. The fourth-order valence-electron chi connectivity index (χ4n) is 1.98. The Kier molecular flexibility index (Phi) is 4.39. The molecule has 0 bridgehead atoms. The number of nitrogens with two attached hydrogens (primary N) is 1. The first-order valence-electron chi connectivity index (χ1n) is 6.48. The van der Waals surface area contributed by atoms with E-state index < -0.39 is 0 Å². The number of aryl methyl sites for hydroxylation is 1. The van der Waals surface area contributed by atoms with E-state index >= 15 is 0 Å². The van der Waals surface area contributed by atoms with Gasteiger partial charge in [-0.3, -0.25) is 10.4 Å². The SMILES string of the molecule is Cc1ncc(CO)c(CNc2ccc(C(=N)N)cc2)c1O. The number of hydrogen-bond acceptors (Lipinski definition) is 5. The molecule has 1 aromatic heterocycles. The van der Waals surface area contributed by atoms with E-state index in [2.05, 4.69) is 10.3 Å². The second kappa shape index (κ2) is 6.23. The summed E-state index contributed by atoms with van der Waals surface area (Å²) in [7, 11) is 0. The highest BCUT2D eigenvalue weighted by molar-refractivity contribution is 5.95. The van der Waals surface area contributed by atoms with Crippen molar-refractivity contribution in [2.24, 2.45) is 5.73 Å². The predicted octanol–water partition coefficient (Wildman–Crippen LogP) is 1.48. The van der Waals surface area contributed by atoms with Crippen molar-refractivity contribution >= 4 is 11.5 Å². The van der Waals surface area contributed by atoms with Crippen molar-refractivity contribution in [3.05, 3.63) is 52.8 Å². The van der Waals surface area contributed by atoms with Crippen molar-refractivity contribution in [2.45, 2.75) is 20.1 Å². The molecule has 0 aliphatic rings. The lowest BCUT2D eigenvalue weighted by atomic mass is 10.1. The molecule has 2 aromatic rings. The summed E-state index contributed by atoms with van der Waals surface area (Å²) in [5.41, 5.74) is 8.62. The van der Waals surface area contributed by atoms with Gasteiger partial charge in [0, 0.05) is 35.1 Å². The van der Waals surface area contributed by atoms with E-state index in [4.69, 9.17) is 11.1 Å². The minimum atomic E-state index is -0.179. The van der Waals surface area contributed by atoms with Gasteiger partial charge >= 0.3 is 0 Å². The number of aliphatic hydroxyl groups is 1. The first-order valence-corrected chi connectivity index (χ1v) is 6.48. The molecule has 0 atom stereocenters. The molecular formula is C15H18N4O2. The van der Waals surface area contributed by atoms with Gasteiger partial charge in [0.15, 0.2) is 0 Å². The number of rotatable bonds is 5. The summed E-state index contributed by atoms with van der Waals surface area (Å²) < 4.78 is 0. The second-order valence-corrected chi connectivity index (χ2v) is 4.70. The Morgan fingerprint density at radius 1 is 1.33 bits per heavy atom. The van der Waals surface area contributed by atoms with Crippen molar-refractivity contribution in [3.8, 4) is 5.75 Å². The van der Waals surface area contributed by atoms with Gasteiger partial charge in [0.1, 0.15) is 11.6 Å². The van der Waals surface area contributed by atoms with Crippen LogP contribution < -0.4 is 11.1 Å². The summed E-state index contributed by atoms with van der Waals surface area (Å²) in [5, 5.41) is 29.9. The molecule has 1 heterocycles. The van der Waals surface area contributed by atoms with Crippen LogP contribution in [0.5, 0.6) is 5.75 Å². The van der Waals surface area contributed by atoms with Gasteiger partial charge in [-0.15, -0.1) is 0 Å². The molecule has 6 N–H and O–H groups in total.